The van der Waals surface area contributed by atoms with E-state index in [-0.39, 0.29) is 11.8 Å². The highest BCUT2D eigenvalue weighted by molar-refractivity contribution is 5.89. The van der Waals surface area contributed by atoms with Crippen LogP contribution < -0.4 is 5.32 Å². The second kappa shape index (κ2) is 8.01. The number of hydrogen-bond acceptors (Lipinski definition) is 3. The molecule has 3 atom stereocenters. The maximum Gasteiger partial charge on any atom is 0.224 e. The lowest BCUT2D eigenvalue weighted by atomic mass is 9.72. The third-order valence-electron chi connectivity index (χ3n) is 7.99. The maximum absolute atomic E-state index is 13.2. The first-order valence-electron chi connectivity index (χ1n) is 11.7. The SMILES string of the molecule is CCn1cc2c3c(cccc31)[C@H]1C[C@@H](C(=O)NC3CCC(OC)CC3)CN(C)[C@@H]1C2. The van der Waals surface area contributed by atoms with Crippen molar-refractivity contribution in [3.05, 3.63) is 35.5 Å². The molecule has 30 heavy (non-hydrogen) atoms. The van der Waals surface area contributed by atoms with Gasteiger partial charge in [-0.25, -0.2) is 0 Å². The van der Waals surface area contributed by atoms with E-state index >= 15 is 0 Å². The van der Waals surface area contributed by atoms with E-state index in [1.165, 1.54) is 22.0 Å². The number of rotatable bonds is 4. The standard InChI is InChI=1S/C25H35N3O2/c1-4-28-15-16-13-23-21(20-6-5-7-22(28)24(16)20)12-17(14-27(23)2)25(29)26-18-8-10-19(30-3)11-9-18/h5-7,15,17-19,21,23H,4,8-14H2,1-3H3,(H,26,29)/t17-,18?,19?,21-,23-/m1/s1. The van der Waals surface area contributed by atoms with Crippen molar-refractivity contribution < 1.29 is 9.53 Å². The summed E-state index contributed by atoms with van der Waals surface area (Å²) in [6, 6.07) is 7.57. The van der Waals surface area contributed by atoms with E-state index in [1.807, 2.05) is 0 Å². The molecule has 1 N–H and O–H groups in total. The second-order valence-corrected chi connectivity index (χ2v) is 9.65. The first-order valence-corrected chi connectivity index (χ1v) is 11.7. The van der Waals surface area contributed by atoms with Crippen LogP contribution in [0.1, 0.15) is 56.1 Å². The quantitative estimate of drug-likeness (QED) is 0.838. The summed E-state index contributed by atoms with van der Waals surface area (Å²) in [4.78, 5) is 15.7. The summed E-state index contributed by atoms with van der Waals surface area (Å²) in [6.45, 7) is 4.08. The Bertz CT molecular complexity index is 928. The van der Waals surface area contributed by atoms with Gasteiger partial charge in [-0.1, -0.05) is 12.1 Å². The number of fused-ring (bicyclic) bond motifs is 2. The van der Waals surface area contributed by atoms with Crippen LogP contribution in [0.25, 0.3) is 10.9 Å². The molecule has 2 heterocycles. The van der Waals surface area contributed by atoms with Crippen LogP contribution in [0.15, 0.2) is 24.4 Å². The van der Waals surface area contributed by atoms with Crippen molar-refractivity contribution in [1.29, 1.82) is 0 Å². The van der Waals surface area contributed by atoms with Crippen molar-refractivity contribution in [3.8, 4) is 0 Å². The molecule has 1 saturated carbocycles. The zero-order valence-electron chi connectivity index (χ0n) is 18.6. The molecule has 5 nitrogen and oxygen atoms in total. The summed E-state index contributed by atoms with van der Waals surface area (Å²) >= 11 is 0. The topological polar surface area (TPSA) is 46.5 Å². The largest absolute Gasteiger partial charge is 0.381 e. The molecule has 0 radical (unpaired) electrons. The first kappa shape index (κ1) is 20.1. The fourth-order valence-electron chi connectivity index (χ4n) is 6.33. The van der Waals surface area contributed by atoms with E-state index in [4.69, 9.17) is 4.74 Å². The lowest BCUT2D eigenvalue weighted by molar-refractivity contribution is -0.128. The molecule has 2 aliphatic carbocycles. The van der Waals surface area contributed by atoms with Gasteiger partial charge in [-0.3, -0.25) is 4.79 Å². The highest BCUT2D eigenvalue weighted by atomic mass is 16.5. The van der Waals surface area contributed by atoms with Gasteiger partial charge in [0.2, 0.25) is 5.91 Å². The predicted octanol–water partition coefficient (Wildman–Crippen LogP) is 3.70. The van der Waals surface area contributed by atoms with Crippen LogP contribution in [0.2, 0.25) is 0 Å². The van der Waals surface area contributed by atoms with Crippen LogP contribution in [0.5, 0.6) is 0 Å². The van der Waals surface area contributed by atoms with Gasteiger partial charge < -0.3 is 19.5 Å². The minimum Gasteiger partial charge on any atom is -0.381 e. The molecule has 1 aromatic carbocycles. The fourth-order valence-corrected chi connectivity index (χ4v) is 6.33. The number of carbonyl (C=O) groups excluding carboxylic acids is 1. The number of likely N-dealkylation sites (N-methyl/N-ethyl adjacent to an activating group) is 1. The molecule has 2 aromatic rings. The summed E-state index contributed by atoms with van der Waals surface area (Å²) < 4.78 is 7.86. The maximum atomic E-state index is 13.2. The fraction of sp³-hybridized carbons (Fsp3) is 0.640. The van der Waals surface area contributed by atoms with Crippen molar-refractivity contribution in [2.24, 2.45) is 5.92 Å². The van der Waals surface area contributed by atoms with Crippen molar-refractivity contribution >= 4 is 16.8 Å². The Morgan fingerprint density at radius 3 is 2.77 bits per heavy atom. The molecule has 162 valence electrons. The number of benzene rings is 1. The molecule has 2 fully saturated rings. The molecular formula is C25H35N3O2. The molecule has 0 bridgehead atoms. The summed E-state index contributed by atoms with van der Waals surface area (Å²) in [5.74, 6) is 0.763. The van der Waals surface area contributed by atoms with E-state index in [0.29, 0.717) is 24.1 Å². The minimum atomic E-state index is 0.0708. The van der Waals surface area contributed by atoms with Gasteiger partial charge in [-0.15, -0.1) is 0 Å². The van der Waals surface area contributed by atoms with Crippen LogP contribution in [0, 0.1) is 5.92 Å². The number of nitrogens with zero attached hydrogens (tertiary/aromatic N) is 2. The molecule has 5 rings (SSSR count). The molecule has 0 spiro atoms. The second-order valence-electron chi connectivity index (χ2n) is 9.65. The lowest BCUT2D eigenvalue weighted by Gasteiger charge is -2.45. The van der Waals surface area contributed by atoms with Crippen LogP contribution in [0.4, 0.5) is 0 Å². The molecule has 0 unspecified atom stereocenters. The monoisotopic (exact) mass is 409 g/mol. The van der Waals surface area contributed by atoms with Crippen molar-refractivity contribution in [2.75, 3.05) is 20.7 Å². The van der Waals surface area contributed by atoms with Crippen LogP contribution in [0.3, 0.4) is 0 Å². The Labute approximate surface area is 179 Å². The Morgan fingerprint density at radius 1 is 1.23 bits per heavy atom. The Morgan fingerprint density at radius 2 is 2.03 bits per heavy atom. The Hall–Kier alpha value is -1.85. The molecule has 5 heteroatoms. The Kier molecular flexibility index (Phi) is 5.36. The van der Waals surface area contributed by atoms with E-state index in [9.17, 15) is 4.79 Å². The normalized spacial score (nSPS) is 31.5. The zero-order valence-corrected chi connectivity index (χ0v) is 18.6. The number of likely N-dealkylation sites (tertiary alicyclic amines) is 1. The number of amides is 1. The average Bonchev–Trinajstić information content (AvgIpc) is 3.14. The van der Waals surface area contributed by atoms with Gasteiger partial charge in [0, 0.05) is 55.3 Å². The predicted molar refractivity (Wildman–Crippen MR) is 120 cm³/mol. The third kappa shape index (κ3) is 3.36. The number of aromatic nitrogens is 1. The van der Waals surface area contributed by atoms with Crippen LogP contribution >= 0.6 is 0 Å². The van der Waals surface area contributed by atoms with Gasteiger partial charge >= 0.3 is 0 Å². The van der Waals surface area contributed by atoms with E-state index < -0.39 is 0 Å². The van der Waals surface area contributed by atoms with E-state index in [2.05, 4.69) is 53.2 Å². The van der Waals surface area contributed by atoms with Crippen molar-refractivity contribution in [3.63, 3.8) is 0 Å². The number of nitrogens with one attached hydrogen (secondary N) is 1. The summed E-state index contributed by atoms with van der Waals surface area (Å²) in [7, 11) is 4.01. The molecule has 1 aromatic heterocycles. The number of ether oxygens (including phenoxy) is 1. The highest BCUT2D eigenvalue weighted by Crippen LogP contribution is 2.45. The Balaban J connectivity index is 1.35. The number of carbonyl (C=O) groups is 1. The number of piperidine rings is 1. The van der Waals surface area contributed by atoms with Crippen molar-refractivity contribution in [2.45, 2.75) is 76.1 Å². The van der Waals surface area contributed by atoms with Gasteiger partial charge in [-0.2, -0.15) is 0 Å². The first-order chi connectivity index (χ1) is 14.6. The van der Waals surface area contributed by atoms with Crippen molar-refractivity contribution in [1.82, 2.24) is 14.8 Å². The summed E-state index contributed by atoms with van der Waals surface area (Å²) in [6.07, 6.45) is 8.95. The molecule has 1 amide bonds. The van der Waals surface area contributed by atoms with Gasteiger partial charge in [-0.05, 0) is 69.7 Å². The van der Waals surface area contributed by atoms with Gasteiger partial charge in [0.15, 0.2) is 0 Å². The van der Waals surface area contributed by atoms with Crippen LogP contribution in [-0.4, -0.2) is 54.3 Å². The van der Waals surface area contributed by atoms with E-state index in [0.717, 1.165) is 51.6 Å². The average molecular weight is 410 g/mol. The van der Waals surface area contributed by atoms with Gasteiger partial charge in [0.1, 0.15) is 0 Å². The smallest absolute Gasteiger partial charge is 0.224 e. The number of aryl methyl sites for hydroxylation is 1. The molecule has 1 aliphatic heterocycles. The van der Waals surface area contributed by atoms with Gasteiger partial charge in [0.05, 0.1) is 12.0 Å². The zero-order chi connectivity index (χ0) is 20.8. The number of hydrogen-bond donors (Lipinski definition) is 1. The highest BCUT2D eigenvalue weighted by Gasteiger charge is 2.42. The van der Waals surface area contributed by atoms with E-state index in [1.54, 1.807) is 7.11 Å². The molecule has 1 saturated heterocycles. The van der Waals surface area contributed by atoms with Crippen LogP contribution in [-0.2, 0) is 22.5 Å². The number of methoxy groups -OCH3 is 1. The summed E-state index contributed by atoms with van der Waals surface area (Å²) in [5.41, 5.74) is 4.29. The third-order valence-corrected chi connectivity index (χ3v) is 7.99. The molecular weight excluding hydrogens is 374 g/mol. The lowest BCUT2D eigenvalue weighted by Crippen LogP contribution is -2.52. The van der Waals surface area contributed by atoms with Gasteiger partial charge in [0.25, 0.3) is 0 Å². The summed E-state index contributed by atoms with van der Waals surface area (Å²) in [5, 5.41) is 4.83. The molecule has 3 aliphatic rings. The minimum absolute atomic E-state index is 0.0708.